The Morgan fingerprint density at radius 2 is 1.75 bits per heavy atom. The van der Waals surface area contributed by atoms with Gasteiger partial charge in [0, 0.05) is 25.2 Å². The number of hydrogen-bond acceptors (Lipinski definition) is 2. The van der Waals surface area contributed by atoms with Crippen LogP contribution in [0.25, 0.3) is 0 Å². The van der Waals surface area contributed by atoms with Crippen LogP contribution in [-0.2, 0) is 0 Å². The molecule has 0 aromatic rings. The zero-order chi connectivity index (χ0) is 9.35. The Labute approximate surface area is 76.5 Å². The first-order chi connectivity index (χ1) is 5.47. The summed E-state index contributed by atoms with van der Waals surface area (Å²) in [5, 5.41) is 0. The van der Waals surface area contributed by atoms with Crippen molar-refractivity contribution < 1.29 is 0 Å². The third-order valence-corrected chi connectivity index (χ3v) is 3.52. The number of likely N-dealkylation sites (N-methyl/N-ethyl adjacent to an activating group) is 2. The van der Waals surface area contributed by atoms with E-state index in [4.69, 9.17) is 0 Å². The van der Waals surface area contributed by atoms with Gasteiger partial charge in [-0.3, -0.25) is 4.90 Å². The van der Waals surface area contributed by atoms with Crippen LogP contribution in [0.1, 0.15) is 20.8 Å². The maximum Gasteiger partial charge on any atom is 0.0328 e. The van der Waals surface area contributed by atoms with E-state index in [1.807, 2.05) is 0 Å². The molecule has 2 heteroatoms. The Morgan fingerprint density at radius 3 is 2.17 bits per heavy atom. The second-order valence-corrected chi connectivity index (χ2v) is 4.67. The van der Waals surface area contributed by atoms with Gasteiger partial charge in [-0.1, -0.05) is 13.8 Å². The monoisotopic (exact) mass is 170 g/mol. The van der Waals surface area contributed by atoms with Crippen molar-refractivity contribution in [2.75, 3.05) is 33.7 Å². The van der Waals surface area contributed by atoms with E-state index in [9.17, 15) is 0 Å². The van der Waals surface area contributed by atoms with E-state index in [2.05, 4.69) is 44.7 Å². The molecule has 1 aliphatic heterocycles. The van der Waals surface area contributed by atoms with Crippen LogP contribution in [-0.4, -0.2) is 49.1 Å². The molecule has 1 saturated heterocycles. The van der Waals surface area contributed by atoms with Crippen LogP contribution < -0.4 is 0 Å². The minimum Gasteiger partial charge on any atom is -0.303 e. The van der Waals surface area contributed by atoms with E-state index < -0.39 is 0 Å². The zero-order valence-corrected chi connectivity index (χ0v) is 9.09. The van der Waals surface area contributed by atoms with E-state index in [1.54, 1.807) is 0 Å². The first kappa shape index (κ1) is 10.0. The zero-order valence-electron chi connectivity index (χ0n) is 9.09. The average molecular weight is 170 g/mol. The van der Waals surface area contributed by atoms with Crippen molar-refractivity contribution in [3.63, 3.8) is 0 Å². The van der Waals surface area contributed by atoms with E-state index in [1.165, 1.54) is 19.6 Å². The van der Waals surface area contributed by atoms with Crippen molar-refractivity contribution in [2.24, 2.45) is 5.92 Å². The molecule has 0 amide bonds. The lowest BCUT2D eigenvalue weighted by Gasteiger charge is -2.49. The fourth-order valence-electron chi connectivity index (χ4n) is 1.95. The molecule has 0 unspecified atom stereocenters. The molecule has 72 valence electrons. The molecule has 0 N–H and O–H groups in total. The highest BCUT2D eigenvalue weighted by atomic mass is 15.3. The molecule has 2 nitrogen and oxygen atoms in total. The van der Waals surface area contributed by atoms with E-state index in [0.717, 1.165) is 5.92 Å². The van der Waals surface area contributed by atoms with Crippen molar-refractivity contribution in [2.45, 2.75) is 26.3 Å². The fourth-order valence-corrected chi connectivity index (χ4v) is 1.95. The predicted octanol–water partition coefficient (Wildman–Crippen LogP) is 1.28. The van der Waals surface area contributed by atoms with Gasteiger partial charge in [0.25, 0.3) is 0 Å². The first-order valence-corrected chi connectivity index (χ1v) is 4.86. The molecule has 0 spiro atoms. The van der Waals surface area contributed by atoms with Gasteiger partial charge in [-0.15, -0.1) is 0 Å². The van der Waals surface area contributed by atoms with Gasteiger partial charge in [-0.2, -0.15) is 0 Å². The minimum absolute atomic E-state index is 0.368. The average Bonchev–Trinajstić information content (AvgIpc) is 1.97. The van der Waals surface area contributed by atoms with Crippen molar-refractivity contribution in [3.8, 4) is 0 Å². The summed E-state index contributed by atoms with van der Waals surface area (Å²) in [6.07, 6.45) is 0. The van der Waals surface area contributed by atoms with Gasteiger partial charge in [0.05, 0.1) is 0 Å². The van der Waals surface area contributed by atoms with Gasteiger partial charge in [0.1, 0.15) is 0 Å². The predicted molar refractivity (Wildman–Crippen MR) is 53.4 cm³/mol. The summed E-state index contributed by atoms with van der Waals surface area (Å²) in [6.45, 7) is 10.6. The van der Waals surface area contributed by atoms with Gasteiger partial charge >= 0.3 is 0 Å². The van der Waals surface area contributed by atoms with Crippen LogP contribution in [0.4, 0.5) is 0 Å². The van der Waals surface area contributed by atoms with E-state index in [-0.39, 0.29) is 0 Å². The summed E-state index contributed by atoms with van der Waals surface area (Å²) in [6, 6.07) is 0. The first-order valence-electron chi connectivity index (χ1n) is 4.86. The molecule has 1 aliphatic rings. The third-order valence-electron chi connectivity index (χ3n) is 3.52. The van der Waals surface area contributed by atoms with Crippen LogP contribution in [0.5, 0.6) is 0 Å². The molecular weight excluding hydrogens is 148 g/mol. The molecule has 0 aromatic carbocycles. The Morgan fingerprint density at radius 1 is 1.17 bits per heavy atom. The molecule has 0 bridgehead atoms. The van der Waals surface area contributed by atoms with Gasteiger partial charge < -0.3 is 4.90 Å². The molecule has 1 rings (SSSR count). The van der Waals surface area contributed by atoms with Crippen molar-refractivity contribution in [1.82, 2.24) is 9.80 Å². The SMILES string of the molecule is CC(C)[C@@]1(C)CN(C)CCN1C. The normalized spacial score (nSPS) is 34.5. The summed E-state index contributed by atoms with van der Waals surface area (Å²) in [7, 11) is 4.46. The van der Waals surface area contributed by atoms with Crippen LogP contribution in [0.3, 0.4) is 0 Å². The number of nitrogens with zero attached hydrogens (tertiary/aromatic N) is 2. The van der Waals surface area contributed by atoms with Crippen LogP contribution in [0.2, 0.25) is 0 Å². The van der Waals surface area contributed by atoms with Crippen LogP contribution in [0.15, 0.2) is 0 Å². The lowest BCUT2D eigenvalue weighted by Crippen LogP contribution is -2.60. The Balaban J connectivity index is 2.71. The third kappa shape index (κ3) is 1.64. The highest BCUT2D eigenvalue weighted by molar-refractivity contribution is 4.93. The molecule has 0 radical (unpaired) electrons. The van der Waals surface area contributed by atoms with E-state index in [0.29, 0.717) is 5.54 Å². The smallest absolute Gasteiger partial charge is 0.0328 e. The number of rotatable bonds is 1. The Kier molecular flexibility index (Phi) is 2.79. The number of hydrogen-bond donors (Lipinski definition) is 0. The topological polar surface area (TPSA) is 6.48 Å². The lowest BCUT2D eigenvalue weighted by molar-refractivity contribution is 0.00755. The second kappa shape index (κ2) is 3.35. The van der Waals surface area contributed by atoms with Gasteiger partial charge in [-0.05, 0) is 26.9 Å². The quantitative estimate of drug-likeness (QED) is 0.585. The maximum absolute atomic E-state index is 2.50. The minimum atomic E-state index is 0.368. The second-order valence-electron chi connectivity index (χ2n) is 4.67. The van der Waals surface area contributed by atoms with Crippen molar-refractivity contribution >= 4 is 0 Å². The van der Waals surface area contributed by atoms with Gasteiger partial charge in [0.2, 0.25) is 0 Å². The molecule has 1 fully saturated rings. The van der Waals surface area contributed by atoms with Gasteiger partial charge in [-0.25, -0.2) is 0 Å². The van der Waals surface area contributed by atoms with Crippen molar-refractivity contribution in [1.29, 1.82) is 0 Å². The number of piperazine rings is 1. The Bertz CT molecular complexity index is 156. The summed E-state index contributed by atoms with van der Waals surface area (Å²) >= 11 is 0. The van der Waals surface area contributed by atoms with E-state index >= 15 is 0 Å². The molecule has 0 aliphatic carbocycles. The molecular formula is C10H22N2. The lowest BCUT2D eigenvalue weighted by atomic mass is 9.85. The highest BCUT2D eigenvalue weighted by Gasteiger charge is 2.36. The maximum atomic E-state index is 2.50. The molecule has 12 heavy (non-hydrogen) atoms. The molecule has 1 atom stereocenters. The molecule has 0 saturated carbocycles. The summed E-state index contributed by atoms with van der Waals surface area (Å²) < 4.78 is 0. The Hall–Kier alpha value is -0.0800. The summed E-state index contributed by atoms with van der Waals surface area (Å²) in [5.74, 6) is 0.727. The summed E-state index contributed by atoms with van der Waals surface area (Å²) in [5.41, 5.74) is 0.368. The molecule has 1 heterocycles. The highest BCUT2D eigenvalue weighted by Crippen LogP contribution is 2.26. The van der Waals surface area contributed by atoms with Gasteiger partial charge in [0.15, 0.2) is 0 Å². The molecule has 0 aromatic heterocycles. The standard InChI is InChI=1S/C10H22N2/c1-9(2)10(3)8-11(4)6-7-12(10)5/h9H,6-8H2,1-5H3/t10-/m1/s1. The largest absolute Gasteiger partial charge is 0.303 e. The van der Waals surface area contributed by atoms with Crippen LogP contribution >= 0.6 is 0 Å². The fraction of sp³-hybridized carbons (Fsp3) is 1.00. The van der Waals surface area contributed by atoms with Crippen molar-refractivity contribution in [3.05, 3.63) is 0 Å². The van der Waals surface area contributed by atoms with Crippen LogP contribution in [0, 0.1) is 5.92 Å². The summed E-state index contributed by atoms with van der Waals surface area (Å²) in [4.78, 5) is 4.93.